The number of fused-ring (bicyclic) bond motifs is 1. The third-order valence-corrected chi connectivity index (χ3v) is 3.84. The summed E-state index contributed by atoms with van der Waals surface area (Å²) >= 11 is 0. The Morgan fingerprint density at radius 3 is 2.70 bits per heavy atom. The number of carboxylic acids is 1. The molecule has 0 atom stereocenters. The largest absolute Gasteiger partial charge is 0.496 e. The number of aromatic nitrogens is 1. The molecule has 1 N–H and O–H groups in total. The lowest BCUT2D eigenvalue weighted by Gasteiger charge is -2.11. The molecule has 23 heavy (non-hydrogen) atoms. The van der Waals surface area contributed by atoms with Crippen LogP contribution in [0.2, 0.25) is 0 Å². The predicted octanol–water partition coefficient (Wildman–Crippen LogP) is 3.85. The summed E-state index contributed by atoms with van der Waals surface area (Å²) in [4.78, 5) is 15.7. The Bertz CT molecular complexity index is 887. The van der Waals surface area contributed by atoms with Crippen molar-refractivity contribution in [3.05, 3.63) is 59.7 Å². The average Bonchev–Trinajstić information content (AvgIpc) is 2.54. The highest BCUT2D eigenvalue weighted by atomic mass is 16.5. The van der Waals surface area contributed by atoms with Crippen molar-refractivity contribution in [2.75, 3.05) is 7.11 Å². The van der Waals surface area contributed by atoms with E-state index in [1.807, 2.05) is 42.5 Å². The number of benzene rings is 2. The Morgan fingerprint density at radius 1 is 1.17 bits per heavy atom. The fourth-order valence-electron chi connectivity index (χ4n) is 2.74. The highest BCUT2D eigenvalue weighted by Crippen LogP contribution is 2.28. The van der Waals surface area contributed by atoms with Crippen LogP contribution in [-0.2, 0) is 11.2 Å². The van der Waals surface area contributed by atoms with E-state index in [4.69, 9.17) is 14.8 Å². The van der Waals surface area contributed by atoms with E-state index in [1.54, 1.807) is 13.2 Å². The summed E-state index contributed by atoms with van der Waals surface area (Å²) in [6, 6.07) is 15.5. The Balaban J connectivity index is 2.13. The summed E-state index contributed by atoms with van der Waals surface area (Å²) in [6.45, 7) is 2.05. The maximum absolute atomic E-state index is 11.0. The number of carbonyl (C=O) groups is 1. The van der Waals surface area contributed by atoms with Gasteiger partial charge in [-0.3, -0.25) is 4.79 Å². The van der Waals surface area contributed by atoms with Gasteiger partial charge in [-0.1, -0.05) is 18.2 Å². The molecule has 1 aromatic heterocycles. The first-order valence-corrected chi connectivity index (χ1v) is 7.34. The van der Waals surface area contributed by atoms with Crippen LogP contribution >= 0.6 is 0 Å². The number of para-hydroxylation sites is 1. The lowest BCUT2D eigenvalue weighted by atomic mass is 10.0. The minimum atomic E-state index is -0.886. The van der Waals surface area contributed by atoms with Crippen LogP contribution < -0.4 is 4.74 Å². The van der Waals surface area contributed by atoms with Crippen LogP contribution in [-0.4, -0.2) is 23.2 Å². The number of carboxylic acid groups (broad SMARTS) is 1. The van der Waals surface area contributed by atoms with Gasteiger partial charge in [-0.05, 0) is 42.8 Å². The van der Waals surface area contributed by atoms with Crippen molar-refractivity contribution in [3.8, 4) is 17.0 Å². The van der Waals surface area contributed by atoms with Gasteiger partial charge >= 0.3 is 5.97 Å². The van der Waals surface area contributed by atoms with Gasteiger partial charge in [0.1, 0.15) is 5.75 Å². The number of methoxy groups -OCH3 is 1. The molecule has 2 aromatic carbocycles. The summed E-state index contributed by atoms with van der Waals surface area (Å²) in [6.07, 6.45) is -0.0798. The van der Waals surface area contributed by atoms with E-state index in [0.29, 0.717) is 11.3 Å². The molecule has 0 bridgehead atoms. The number of ether oxygens (including phenoxy) is 1. The van der Waals surface area contributed by atoms with Gasteiger partial charge in [0.25, 0.3) is 0 Å². The van der Waals surface area contributed by atoms with Crippen LogP contribution in [0.5, 0.6) is 5.75 Å². The number of hydrogen-bond donors (Lipinski definition) is 1. The predicted molar refractivity (Wildman–Crippen MR) is 89.8 cm³/mol. The molecule has 0 aliphatic rings. The first-order valence-electron chi connectivity index (χ1n) is 7.34. The van der Waals surface area contributed by atoms with Crippen molar-refractivity contribution < 1.29 is 14.6 Å². The molecule has 4 heteroatoms. The topological polar surface area (TPSA) is 59.4 Å². The van der Waals surface area contributed by atoms with Gasteiger partial charge in [-0.15, -0.1) is 0 Å². The summed E-state index contributed by atoms with van der Waals surface area (Å²) < 4.78 is 5.25. The number of rotatable bonds is 4. The van der Waals surface area contributed by atoms with Crippen molar-refractivity contribution in [3.63, 3.8) is 0 Å². The van der Waals surface area contributed by atoms with Crippen molar-refractivity contribution >= 4 is 16.9 Å². The van der Waals surface area contributed by atoms with E-state index in [2.05, 4.69) is 6.92 Å². The highest BCUT2D eigenvalue weighted by molar-refractivity contribution is 5.85. The normalized spacial score (nSPS) is 10.7. The second kappa shape index (κ2) is 6.08. The summed E-state index contributed by atoms with van der Waals surface area (Å²) in [5, 5.41) is 10.2. The second-order valence-electron chi connectivity index (χ2n) is 5.44. The van der Waals surface area contributed by atoms with Gasteiger partial charge in [0.2, 0.25) is 0 Å². The van der Waals surface area contributed by atoms with Crippen molar-refractivity contribution in [1.82, 2.24) is 4.98 Å². The number of hydrogen-bond acceptors (Lipinski definition) is 3. The van der Waals surface area contributed by atoms with Crippen LogP contribution in [0.25, 0.3) is 22.2 Å². The molecule has 0 amide bonds. The van der Waals surface area contributed by atoms with Crippen LogP contribution in [0, 0.1) is 6.92 Å². The molecule has 0 radical (unpaired) electrons. The Morgan fingerprint density at radius 2 is 1.96 bits per heavy atom. The van der Waals surface area contributed by atoms with Crippen molar-refractivity contribution in [2.45, 2.75) is 13.3 Å². The molecule has 3 rings (SSSR count). The van der Waals surface area contributed by atoms with E-state index in [1.165, 1.54) is 0 Å². The van der Waals surface area contributed by atoms with Gasteiger partial charge < -0.3 is 9.84 Å². The fraction of sp³-hybridized carbons (Fsp3) is 0.158. The fourth-order valence-corrected chi connectivity index (χ4v) is 2.74. The number of aryl methyl sites for hydroxylation is 1. The lowest BCUT2D eigenvalue weighted by molar-refractivity contribution is -0.136. The zero-order valence-corrected chi connectivity index (χ0v) is 13.0. The van der Waals surface area contributed by atoms with Gasteiger partial charge in [-0.2, -0.15) is 0 Å². The first kappa shape index (κ1) is 15.0. The zero-order valence-electron chi connectivity index (χ0n) is 13.0. The Labute approximate surface area is 134 Å². The average molecular weight is 307 g/mol. The first-order chi connectivity index (χ1) is 11.1. The van der Waals surface area contributed by atoms with E-state index in [-0.39, 0.29) is 6.42 Å². The van der Waals surface area contributed by atoms with E-state index >= 15 is 0 Å². The van der Waals surface area contributed by atoms with Gasteiger partial charge in [-0.25, -0.2) is 4.98 Å². The Kier molecular flexibility index (Phi) is 3.98. The summed E-state index contributed by atoms with van der Waals surface area (Å²) in [7, 11) is 1.54. The van der Waals surface area contributed by atoms with Crippen molar-refractivity contribution in [1.29, 1.82) is 0 Å². The summed E-state index contributed by atoms with van der Waals surface area (Å²) in [5.74, 6) is -0.309. The maximum atomic E-state index is 11.0. The van der Waals surface area contributed by atoms with Gasteiger partial charge in [0.15, 0.2) is 0 Å². The standard InChI is InChI=1S/C19H17NO3/c1-12-9-17(20-16-6-4-3-5-15(12)16)13-7-8-18(23-2)14(10-13)11-19(21)22/h3-10H,11H2,1-2H3,(H,21,22). The van der Waals surface area contributed by atoms with Crippen LogP contribution in [0.1, 0.15) is 11.1 Å². The molecule has 0 aliphatic carbocycles. The molecule has 0 spiro atoms. The third-order valence-electron chi connectivity index (χ3n) is 3.84. The molecular weight excluding hydrogens is 290 g/mol. The molecule has 1 heterocycles. The molecule has 0 saturated heterocycles. The maximum Gasteiger partial charge on any atom is 0.307 e. The zero-order chi connectivity index (χ0) is 16.4. The van der Waals surface area contributed by atoms with Crippen LogP contribution in [0.4, 0.5) is 0 Å². The monoisotopic (exact) mass is 307 g/mol. The molecule has 116 valence electrons. The molecular formula is C19H17NO3. The van der Waals surface area contributed by atoms with Crippen LogP contribution in [0.3, 0.4) is 0 Å². The van der Waals surface area contributed by atoms with Crippen molar-refractivity contribution in [2.24, 2.45) is 0 Å². The van der Waals surface area contributed by atoms with Gasteiger partial charge in [0.05, 0.1) is 24.7 Å². The number of pyridine rings is 1. The number of aliphatic carboxylic acids is 1. The van der Waals surface area contributed by atoms with Gasteiger partial charge in [0, 0.05) is 16.5 Å². The van der Waals surface area contributed by atoms with Crippen LogP contribution in [0.15, 0.2) is 48.5 Å². The second-order valence-corrected chi connectivity index (χ2v) is 5.44. The third kappa shape index (κ3) is 3.01. The molecule has 0 unspecified atom stereocenters. The summed E-state index contributed by atoms with van der Waals surface area (Å²) in [5.41, 5.74) is 4.43. The lowest BCUT2D eigenvalue weighted by Crippen LogP contribution is -2.02. The minimum absolute atomic E-state index is 0.0798. The Hall–Kier alpha value is -2.88. The molecule has 0 saturated carbocycles. The minimum Gasteiger partial charge on any atom is -0.496 e. The molecule has 4 nitrogen and oxygen atoms in total. The van der Waals surface area contributed by atoms with E-state index < -0.39 is 5.97 Å². The quantitative estimate of drug-likeness (QED) is 0.795. The smallest absolute Gasteiger partial charge is 0.307 e. The number of nitrogens with zero attached hydrogens (tertiary/aromatic N) is 1. The molecule has 0 aliphatic heterocycles. The van der Waals surface area contributed by atoms with E-state index in [9.17, 15) is 4.79 Å². The SMILES string of the molecule is COc1ccc(-c2cc(C)c3ccccc3n2)cc1CC(=O)O. The molecule has 3 aromatic rings. The van der Waals surface area contributed by atoms with E-state index in [0.717, 1.165) is 27.7 Å². The molecule has 0 fully saturated rings. The highest BCUT2D eigenvalue weighted by Gasteiger charge is 2.11.